The molecule has 4 rings (SSSR count). The second kappa shape index (κ2) is 5.81. The Bertz CT molecular complexity index is 650. The van der Waals surface area contributed by atoms with Gasteiger partial charge < -0.3 is 14.7 Å². The third kappa shape index (κ3) is 2.66. The molecule has 0 aromatic carbocycles. The van der Waals surface area contributed by atoms with E-state index in [0.29, 0.717) is 44.1 Å². The van der Waals surface area contributed by atoms with Crippen LogP contribution in [0.25, 0.3) is 0 Å². The molecule has 1 atom stereocenters. The van der Waals surface area contributed by atoms with Gasteiger partial charge in [0.1, 0.15) is 5.82 Å². The van der Waals surface area contributed by atoms with Crippen molar-refractivity contribution in [1.82, 2.24) is 14.9 Å². The molecule has 1 saturated carbocycles. The fourth-order valence-corrected chi connectivity index (χ4v) is 3.93. The van der Waals surface area contributed by atoms with Crippen LogP contribution < -0.4 is 0 Å². The first-order valence-corrected chi connectivity index (χ1v) is 8.51. The monoisotopic (exact) mass is 331 g/mol. The summed E-state index contributed by atoms with van der Waals surface area (Å²) in [5, 5.41) is 9.60. The first-order chi connectivity index (χ1) is 11.6. The number of hydrogen-bond acceptors (Lipinski definition) is 5. The molecule has 1 aromatic heterocycles. The average Bonchev–Trinajstić information content (AvgIpc) is 3.38. The number of nitrogens with zero attached hydrogens (tertiary/aromatic N) is 3. The van der Waals surface area contributed by atoms with Crippen LogP contribution in [-0.2, 0) is 9.53 Å². The highest BCUT2D eigenvalue weighted by atomic mass is 16.5. The predicted molar refractivity (Wildman–Crippen MR) is 83.5 cm³/mol. The zero-order valence-electron chi connectivity index (χ0n) is 13.5. The number of carboxylic acids is 1. The Morgan fingerprint density at radius 2 is 1.88 bits per heavy atom. The smallest absolute Gasteiger partial charge is 0.308 e. The summed E-state index contributed by atoms with van der Waals surface area (Å²) in [7, 11) is 0. The second-order valence-corrected chi connectivity index (χ2v) is 7.16. The van der Waals surface area contributed by atoms with Crippen molar-refractivity contribution in [1.29, 1.82) is 0 Å². The van der Waals surface area contributed by atoms with E-state index in [4.69, 9.17) is 4.74 Å². The van der Waals surface area contributed by atoms with Crippen LogP contribution in [0.2, 0.25) is 0 Å². The van der Waals surface area contributed by atoms with Gasteiger partial charge in [0.05, 0.1) is 11.5 Å². The molecule has 7 heteroatoms. The molecule has 1 N–H and O–H groups in total. The van der Waals surface area contributed by atoms with Gasteiger partial charge in [-0.05, 0) is 25.7 Å². The lowest BCUT2D eigenvalue weighted by molar-refractivity contribution is -0.146. The Labute approximate surface area is 140 Å². The van der Waals surface area contributed by atoms with Gasteiger partial charge in [0.15, 0.2) is 0 Å². The average molecular weight is 331 g/mol. The molecule has 128 valence electrons. The summed E-state index contributed by atoms with van der Waals surface area (Å²) >= 11 is 0. The highest BCUT2D eigenvalue weighted by molar-refractivity contribution is 5.94. The lowest BCUT2D eigenvalue weighted by Crippen LogP contribution is -2.40. The van der Waals surface area contributed by atoms with Gasteiger partial charge in [-0.2, -0.15) is 0 Å². The van der Waals surface area contributed by atoms with Crippen LogP contribution in [0.15, 0.2) is 12.4 Å². The van der Waals surface area contributed by atoms with Crippen molar-refractivity contribution in [2.75, 3.05) is 26.3 Å². The van der Waals surface area contributed by atoms with Gasteiger partial charge in [-0.25, -0.2) is 9.97 Å². The maximum Gasteiger partial charge on any atom is 0.308 e. The Morgan fingerprint density at radius 3 is 2.46 bits per heavy atom. The molecule has 3 aliphatic rings. The van der Waals surface area contributed by atoms with E-state index in [1.807, 2.05) is 0 Å². The number of ether oxygens (including phenoxy) is 1. The third-order valence-corrected chi connectivity index (χ3v) is 5.58. The molecule has 3 heterocycles. The number of aliphatic carboxylic acids is 1. The maximum absolute atomic E-state index is 12.8. The van der Waals surface area contributed by atoms with Gasteiger partial charge in [-0.3, -0.25) is 9.59 Å². The fourth-order valence-electron chi connectivity index (χ4n) is 3.93. The van der Waals surface area contributed by atoms with Gasteiger partial charge in [-0.15, -0.1) is 0 Å². The Hall–Kier alpha value is -2.02. The Balaban J connectivity index is 1.53. The molecular weight excluding hydrogens is 310 g/mol. The van der Waals surface area contributed by atoms with Gasteiger partial charge in [-0.1, -0.05) is 0 Å². The molecule has 1 spiro atoms. The molecule has 1 aromatic rings. The molecule has 3 fully saturated rings. The van der Waals surface area contributed by atoms with Crippen LogP contribution in [0.4, 0.5) is 0 Å². The molecule has 0 bridgehead atoms. The van der Waals surface area contributed by atoms with Crippen molar-refractivity contribution in [3.05, 3.63) is 23.8 Å². The molecule has 1 aliphatic carbocycles. The highest BCUT2D eigenvalue weighted by Gasteiger charge is 2.52. The first kappa shape index (κ1) is 15.5. The van der Waals surface area contributed by atoms with Crippen LogP contribution in [-0.4, -0.2) is 58.2 Å². The summed E-state index contributed by atoms with van der Waals surface area (Å²) in [6.45, 7) is 1.84. The summed E-state index contributed by atoms with van der Waals surface area (Å²) in [5.74, 6) is -0.281. The molecule has 1 unspecified atom stereocenters. The van der Waals surface area contributed by atoms with Gasteiger partial charge in [0.25, 0.3) is 5.91 Å². The normalized spacial score (nSPS) is 25.8. The molecule has 2 aliphatic heterocycles. The summed E-state index contributed by atoms with van der Waals surface area (Å²) in [4.78, 5) is 34.7. The number of carbonyl (C=O) groups excluding carboxylic acids is 1. The first-order valence-electron chi connectivity index (χ1n) is 8.51. The number of hydrogen-bond donors (Lipinski definition) is 1. The van der Waals surface area contributed by atoms with Crippen molar-refractivity contribution in [2.45, 2.75) is 31.6 Å². The van der Waals surface area contributed by atoms with E-state index in [0.717, 1.165) is 18.7 Å². The SMILES string of the molecule is O=C(O)C1CN(C(=O)c2cnc(C3CC3)nc2)CC12CCOCC2. The number of amides is 1. The quantitative estimate of drug-likeness (QED) is 0.897. The van der Waals surface area contributed by atoms with Crippen LogP contribution in [0.3, 0.4) is 0 Å². The predicted octanol–water partition coefficient (Wildman–Crippen LogP) is 1.31. The highest BCUT2D eigenvalue weighted by Crippen LogP contribution is 2.44. The van der Waals surface area contributed by atoms with Gasteiger partial charge in [0.2, 0.25) is 0 Å². The number of aromatic nitrogens is 2. The molecule has 24 heavy (non-hydrogen) atoms. The fraction of sp³-hybridized carbons (Fsp3) is 0.647. The van der Waals surface area contributed by atoms with Crippen molar-refractivity contribution in [3.63, 3.8) is 0 Å². The summed E-state index contributed by atoms with van der Waals surface area (Å²) in [6, 6.07) is 0. The van der Waals surface area contributed by atoms with E-state index >= 15 is 0 Å². The van der Waals surface area contributed by atoms with E-state index < -0.39 is 11.9 Å². The summed E-state index contributed by atoms with van der Waals surface area (Å²) in [5.41, 5.74) is 0.0711. The molecule has 2 saturated heterocycles. The maximum atomic E-state index is 12.8. The standard InChI is InChI=1S/C17H21N3O4/c21-15(12-7-18-14(19-8-12)11-1-2-11)20-9-13(16(22)23)17(10-20)3-5-24-6-4-17/h7-8,11,13H,1-6,9-10H2,(H,22,23). The van der Waals surface area contributed by atoms with Crippen LogP contribution >= 0.6 is 0 Å². The molecule has 0 radical (unpaired) electrons. The van der Waals surface area contributed by atoms with Crippen molar-refractivity contribution < 1.29 is 19.4 Å². The zero-order chi connectivity index (χ0) is 16.7. The number of rotatable bonds is 3. The molecule has 1 amide bonds. The lowest BCUT2D eigenvalue weighted by atomic mass is 9.72. The number of carboxylic acid groups (broad SMARTS) is 1. The van der Waals surface area contributed by atoms with Crippen molar-refractivity contribution in [3.8, 4) is 0 Å². The Kier molecular flexibility index (Phi) is 3.75. The lowest BCUT2D eigenvalue weighted by Gasteiger charge is -2.36. The largest absolute Gasteiger partial charge is 0.481 e. The third-order valence-electron chi connectivity index (χ3n) is 5.58. The minimum absolute atomic E-state index is 0.174. The van der Waals surface area contributed by atoms with Crippen molar-refractivity contribution in [2.24, 2.45) is 11.3 Å². The van der Waals surface area contributed by atoms with E-state index in [2.05, 4.69) is 9.97 Å². The van der Waals surface area contributed by atoms with Gasteiger partial charge >= 0.3 is 5.97 Å². The van der Waals surface area contributed by atoms with E-state index in [9.17, 15) is 14.7 Å². The number of carbonyl (C=O) groups is 2. The minimum atomic E-state index is -0.826. The topological polar surface area (TPSA) is 92.6 Å². The summed E-state index contributed by atoms with van der Waals surface area (Å²) < 4.78 is 5.39. The van der Waals surface area contributed by atoms with E-state index in [1.165, 1.54) is 0 Å². The zero-order valence-corrected chi connectivity index (χ0v) is 13.5. The Morgan fingerprint density at radius 1 is 1.21 bits per heavy atom. The van der Waals surface area contributed by atoms with E-state index in [1.54, 1.807) is 17.3 Å². The van der Waals surface area contributed by atoms with Crippen LogP contribution in [0.1, 0.15) is 47.8 Å². The van der Waals surface area contributed by atoms with E-state index in [-0.39, 0.29) is 17.9 Å². The van der Waals surface area contributed by atoms with Crippen LogP contribution in [0.5, 0.6) is 0 Å². The minimum Gasteiger partial charge on any atom is -0.481 e. The number of likely N-dealkylation sites (tertiary alicyclic amines) is 1. The summed E-state index contributed by atoms with van der Waals surface area (Å²) in [6.07, 6.45) is 6.76. The van der Waals surface area contributed by atoms with Gasteiger partial charge in [0, 0.05) is 50.0 Å². The van der Waals surface area contributed by atoms with Crippen molar-refractivity contribution >= 4 is 11.9 Å². The molecular formula is C17H21N3O4. The van der Waals surface area contributed by atoms with Crippen LogP contribution in [0, 0.1) is 11.3 Å². The second-order valence-electron chi connectivity index (χ2n) is 7.16. The molecule has 7 nitrogen and oxygen atoms in total.